The Morgan fingerprint density at radius 2 is 1.49 bits per heavy atom. The van der Waals surface area contributed by atoms with E-state index in [0.717, 1.165) is 22.3 Å². The van der Waals surface area contributed by atoms with Gasteiger partial charge in [0.15, 0.2) is 0 Å². The number of carboxylic acid groups (broad SMARTS) is 1. The molecule has 3 N–H and O–H groups in total. The molecule has 0 bridgehead atoms. The lowest BCUT2D eigenvalue weighted by Crippen LogP contribution is -2.52. The summed E-state index contributed by atoms with van der Waals surface area (Å²) in [7, 11) is 0. The average molecular weight is 489 g/mol. The van der Waals surface area contributed by atoms with Crippen LogP contribution in [0.5, 0.6) is 0 Å². The van der Waals surface area contributed by atoms with Crippen LogP contribution in [0.25, 0.3) is 11.1 Å². The van der Waals surface area contributed by atoms with Crippen LogP contribution in [0.2, 0.25) is 0 Å². The quantitative estimate of drug-likeness (QED) is 0.430. The number of ether oxygens (including phenoxy) is 1. The molecule has 2 aromatic rings. The third kappa shape index (κ3) is 6.77. The Morgan fingerprint density at radius 3 is 2.00 bits per heavy atom. The second-order valence-electron chi connectivity index (χ2n) is 9.02. The Balaban J connectivity index is 1.67. The molecule has 1 aliphatic carbocycles. The van der Waals surface area contributed by atoms with Crippen molar-refractivity contribution in [2.45, 2.75) is 57.5 Å². The van der Waals surface area contributed by atoms with E-state index >= 15 is 0 Å². The smallest absolute Gasteiger partial charge is 0.407 e. The van der Waals surface area contributed by atoms with Gasteiger partial charge in [-0.05, 0) is 41.0 Å². The number of carbonyl (C=O) groups is 3. The number of hydrogen-bond acceptors (Lipinski definition) is 4. The summed E-state index contributed by atoms with van der Waals surface area (Å²) in [6.07, 6.45) is -4.01. The topological polar surface area (TPSA) is 105 Å². The van der Waals surface area contributed by atoms with Crippen LogP contribution in [-0.2, 0) is 14.3 Å². The first-order valence-corrected chi connectivity index (χ1v) is 11.6. The summed E-state index contributed by atoms with van der Waals surface area (Å²) < 4.78 is 30.9. The molecule has 2 atom stereocenters. The molecule has 0 saturated heterocycles. The number of alkyl halides is 2. The predicted molar refractivity (Wildman–Crippen MR) is 126 cm³/mol. The zero-order valence-corrected chi connectivity index (χ0v) is 19.7. The van der Waals surface area contributed by atoms with Gasteiger partial charge in [-0.15, -0.1) is 0 Å². The van der Waals surface area contributed by atoms with Crippen LogP contribution in [0.3, 0.4) is 0 Å². The number of alkyl carbamates (subject to hydrolysis) is 1. The first-order valence-electron chi connectivity index (χ1n) is 11.6. The lowest BCUT2D eigenvalue weighted by molar-refractivity contribution is -0.143. The lowest BCUT2D eigenvalue weighted by atomic mass is 9.98. The summed E-state index contributed by atoms with van der Waals surface area (Å²) in [5.41, 5.74) is 4.22. The summed E-state index contributed by atoms with van der Waals surface area (Å²) in [6.45, 7) is 3.90. The van der Waals surface area contributed by atoms with Gasteiger partial charge in [-0.1, -0.05) is 62.4 Å². The fourth-order valence-electron chi connectivity index (χ4n) is 4.22. The maximum absolute atomic E-state index is 12.7. The molecule has 188 valence electrons. The number of carboxylic acids is 1. The van der Waals surface area contributed by atoms with Gasteiger partial charge in [0, 0.05) is 12.3 Å². The van der Waals surface area contributed by atoms with Crippen molar-refractivity contribution < 1.29 is 33.0 Å². The van der Waals surface area contributed by atoms with Crippen molar-refractivity contribution in [1.29, 1.82) is 0 Å². The molecule has 9 heteroatoms. The highest BCUT2D eigenvalue weighted by atomic mass is 19.3. The second-order valence-corrected chi connectivity index (χ2v) is 9.02. The van der Waals surface area contributed by atoms with E-state index in [1.165, 1.54) is 0 Å². The number of benzene rings is 2. The first kappa shape index (κ1) is 26.1. The number of halogens is 2. The molecule has 0 aromatic heterocycles. The molecule has 2 unspecified atom stereocenters. The second kappa shape index (κ2) is 11.8. The summed E-state index contributed by atoms with van der Waals surface area (Å²) in [4.78, 5) is 36.6. The molecule has 1 aliphatic rings. The maximum atomic E-state index is 12.7. The van der Waals surface area contributed by atoms with Crippen molar-refractivity contribution in [1.82, 2.24) is 10.6 Å². The standard InChI is InChI=1S/C26H30F2N2O5/c1-15(2)11-12-21(24(31)29-22(25(32)33)13-23(27)28)30-26(34)35-14-20-18-9-5-3-7-16(18)17-8-4-6-10-19(17)20/h3-10,15,20-23H,11-14H2,1-2H3,(H,29,31)(H,30,34)(H,32,33). The maximum Gasteiger partial charge on any atom is 0.407 e. The summed E-state index contributed by atoms with van der Waals surface area (Å²) in [5.74, 6) is -2.38. The molecule has 2 amide bonds. The van der Waals surface area contributed by atoms with E-state index in [9.17, 15) is 23.2 Å². The zero-order valence-electron chi connectivity index (χ0n) is 19.7. The number of rotatable bonds is 11. The number of hydrogen-bond donors (Lipinski definition) is 3. The van der Waals surface area contributed by atoms with E-state index in [4.69, 9.17) is 9.84 Å². The monoisotopic (exact) mass is 488 g/mol. The Morgan fingerprint density at radius 1 is 0.914 bits per heavy atom. The highest BCUT2D eigenvalue weighted by molar-refractivity contribution is 5.89. The van der Waals surface area contributed by atoms with Gasteiger partial charge in [-0.2, -0.15) is 0 Å². The van der Waals surface area contributed by atoms with Gasteiger partial charge in [0.1, 0.15) is 18.7 Å². The van der Waals surface area contributed by atoms with Crippen LogP contribution in [0.1, 0.15) is 50.2 Å². The Bertz CT molecular complexity index is 1010. The molecular formula is C26H30F2N2O5. The molecule has 0 fully saturated rings. The lowest BCUT2D eigenvalue weighted by Gasteiger charge is -2.22. The van der Waals surface area contributed by atoms with E-state index < -0.39 is 42.9 Å². The van der Waals surface area contributed by atoms with Gasteiger partial charge in [0.25, 0.3) is 0 Å². The van der Waals surface area contributed by atoms with E-state index in [-0.39, 0.29) is 24.9 Å². The van der Waals surface area contributed by atoms with E-state index in [1.54, 1.807) is 0 Å². The van der Waals surface area contributed by atoms with Crippen molar-refractivity contribution in [2.24, 2.45) is 5.92 Å². The number of nitrogens with one attached hydrogen (secondary N) is 2. The molecule has 35 heavy (non-hydrogen) atoms. The van der Waals surface area contributed by atoms with Crippen molar-refractivity contribution in [3.8, 4) is 11.1 Å². The van der Waals surface area contributed by atoms with Gasteiger partial charge in [0.2, 0.25) is 12.3 Å². The molecule has 3 rings (SSSR count). The SMILES string of the molecule is CC(C)CCC(NC(=O)OCC1c2ccccc2-c2ccccc21)C(=O)NC(CC(F)F)C(=O)O. The average Bonchev–Trinajstić information content (AvgIpc) is 3.13. The highest BCUT2D eigenvalue weighted by Crippen LogP contribution is 2.44. The Kier molecular flexibility index (Phi) is 8.78. The molecule has 0 aliphatic heterocycles. The van der Waals surface area contributed by atoms with Crippen LogP contribution < -0.4 is 10.6 Å². The minimum Gasteiger partial charge on any atom is -0.480 e. The van der Waals surface area contributed by atoms with Crippen LogP contribution in [-0.4, -0.2) is 48.2 Å². The van der Waals surface area contributed by atoms with Crippen molar-refractivity contribution in [3.63, 3.8) is 0 Å². The number of aliphatic carboxylic acids is 1. The van der Waals surface area contributed by atoms with Crippen LogP contribution >= 0.6 is 0 Å². The van der Waals surface area contributed by atoms with Gasteiger partial charge in [0.05, 0.1) is 0 Å². The first-order chi connectivity index (χ1) is 16.7. The van der Waals surface area contributed by atoms with Gasteiger partial charge in [-0.3, -0.25) is 4.79 Å². The van der Waals surface area contributed by atoms with Gasteiger partial charge in [-0.25, -0.2) is 18.4 Å². The number of carbonyl (C=O) groups excluding carboxylic acids is 2. The third-order valence-corrected chi connectivity index (χ3v) is 6.01. The number of fused-ring (bicyclic) bond motifs is 3. The minimum absolute atomic E-state index is 0.0432. The summed E-state index contributed by atoms with van der Waals surface area (Å²) in [5, 5.41) is 13.8. The molecule has 7 nitrogen and oxygen atoms in total. The Hall–Kier alpha value is -3.49. The molecular weight excluding hydrogens is 458 g/mol. The van der Waals surface area contributed by atoms with Crippen LogP contribution in [0.4, 0.5) is 13.6 Å². The molecule has 0 saturated carbocycles. The van der Waals surface area contributed by atoms with Crippen LogP contribution in [0.15, 0.2) is 48.5 Å². The normalized spacial score (nSPS) is 14.2. The molecule has 2 aromatic carbocycles. The molecule has 0 spiro atoms. The predicted octanol–water partition coefficient (Wildman–Crippen LogP) is 4.55. The summed E-state index contributed by atoms with van der Waals surface area (Å²) >= 11 is 0. The van der Waals surface area contributed by atoms with Gasteiger partial charge >= 0.3 is 12.1 Å². The van der Waals surface area contributed by atoms with E-state index in [1.807, 2.05) is 62.4 Å². The summed E-state index contributed by atoms with van der Waals surface area (Å²) in [6, 6.07) is 12.8. The van der Waals surface area contributed by atoms with E-state index in [0.29, 0.717) is 6.42 Å². The van der Waals surface area contributed by atoms with Crippen molar-refractivity contribution in [2.75, 3.05) is 6.61 Å². The van der Waals surface area contributed by atoms with Crippen LogP contribution in [0, 0.1) is 5.92 Å². The minimum atomic E-state index is -2.90. The van der Waals surface area contributed by atoms with Gasteiger partial charge < -0.3 is 20.5 Å². The molecule has 0 radical (unpaired) electrons. The van der Waals surface area contributed by atoms with Crippen molar-refractivity contribution in [3.05, 3.63) is 59.7 Å². The highest BCUT2D eigenvalue weighted by Gasteiger charge is 2.31. The fraction of sp³-hybridized carbons (Fsp3) is 0.423. The third-order valence-electron chi connectivity index (χ3n) is 6.01. The fourth-order valence-corrected chi connectivity index (χ4v) is 4.22. The zero-order chi connectivity index (χ0) is 25.5. The number of amides is 2. The largest absolute Gasteiger partial charge is 0.480 e. The van der Waals surface area contributed by atoms with Crippen molar-refractivity contribution >= 4 is 18.0 Å². The molecule has 0 heterocycles. The van der Waals surface area contributed by atoms with E-state index in [2.05, 4.69) is 10.6 Å². The Labute approximate surface area is 202 Å².